The summed E-state index contributed by atoms with van der Waals surface area (Å²) < 4.78 is 17.7. The summed E-state index contributed by atoms with van der Waals surface area (Å²) in [6.07, 6.45) is 2.50. The van der Waals surface area contributed by atoms with Crippen LogP contribution < -0.4 is 5.32 Å². The number of halogens is 1. The van der Waals surface area contributed by atoms with Crippen LogP contribution in [-0.4, -0.2) is 30.2 Å². The molecule has 0 fully saturated rings. The maximum absolute atomic E-state index is 12.8. The first kappa shape index (κ1) is 13.7. The predicted molar refractivity (Wildman–Crippen MR) is 71.4 cm³/mol. The Morgan fingerprint density at radius 1 is 1.32 bits per heavy atom. The van der Waals surface area contributed by atoms with Crippen LogP contribution in [0.15, 0.2) is 30.5 Å². The van der Waals surface area contributed by atoms with Gasteiger partial charge in [0.25, 0.3) is 0 Å². The quantitative estimate of drug-likeness (QED) is 0.750. The molecule has 2 N–H and O–H groups in total. The second-order valence-electron chi connectivity index (χ2n) is 4.33. The molecule has 5 heteroatoms. The van der Waals surface area contributed by atoms with Crippen LogP contribution in [0.1, 0.15) is 17.1 Å². The Bertz CT molecular complexity index is 496. The lowest BCUT2D eigenvalue weighted by Gasteiger charge is -2.01. The van der Waals surface area contributed by atoms with E-state index in [1.165, 1.54) is 12.1 Å². The molecule has 0 aliphatic rings. The Labute approximate surface area is 112 Å². The van der Waals surface area contributed by atoms with Gasteiger partial charge in [0.05, 0.1) is 6.61 Å². The molecular weight excluding hydrogens is 245 g/mol. The molecule has 4 nitrogen and oxygen atoms in total. The zero-order chi connectivity index (χ0) is 13.5. The number of aromatic nitrogens is 2. The van der Waals surface area contributed by atoms with Crippen LogP contribution in [0.25, 0.3) is 0 Å². The third-order valence-corrected chi connectivity index (χ3v) is 2.76. The molecule has 2 aromatic rings. The SMILES string of the molecule is COCCNCc1cnc(Cc2ccc(F)cc2)[nH]1. The molecule has 0 saturated carbocycles. The summed E-state index contributed by atoms with van der Waals surface area (Å²) in [6.45, 7) is 2.24. The van der Waals surface area contributed by atoms with Crippen LogP contribution in [0.4, 0.5) is 4.39 Å². The molecule has 0 bridgehead atoms. The minimum atomic E-state index is -0.216. The molecular formula is C14H18FN3O. The summed E-state index contributed by atoms with van der Waals surface area (Å²) in [7, 11) is 1.68. The number of nitrogens with zero attached hydrogens (tertiary/aromatic N) is 1. The van der Waals surface area contributed by atoms with Crippen molar-refractivity contribution in [2.24, 2.45) is 0 Å². The van der Waals surface area contributed by atoms with Crippen molar-refractivity contribution in [1.29, 1.82) is 0 Å². The summed E-state index contributed by atoms with van der Waals surface area (Å²) >= 11 is 0. The number of nitrogens with one attached hydrogen (secondary N) is 2. The average molecular weight is 263 g/mol. The van der Waals surface area contributed by atoms with Gasteiger partial charge in [0.2, 0.25) is 0 Å². The maximum atomic E-state index is 12.8. The number of methoxy groups -OCH3 is 1. The largest absolute Gasteiger partial charge is 0.383 e. The highest BCUT2D eigenvalue weighted by atomic mass is 19.1. The van der Waals surface area contributed by atoms with Crippen LogP contribution in [-0.2, 0) is 17.7 Å². The van der Waals surface area contributed by atoms with Gasteiger partial charge in [0, 0.05) is 38.5 Å². The van der Waals surface area contributed by atoms with Gasteiger partial charge in [-0.25, -0.2) is 9.37 Å². The van der Waals surface area contributed by atoms with Gasteiger partial charge in [-0.1, -0.05) is 12.1 Å². The standard InChI is InChI=1S/C14H18FN3O/c1-19-7-6-16-9-13-10-17-14(18-13)8-11-2-4-12(15)5-3-11/h2-5,10,16H,6-9H2,1H3,(H,17,18). The van der Waals surface area contributed by atoms with Crippen molar-refractivity contribution in [2.45, 2.75) is 13.0 Å². The molecule has 0 radical (unpaired) electrons. The van der Waals surface area contributed by atoms with Crippen molar-refractivity contribution < 1.29 is 9.13 Å². The van der Waals surface area contributed by atoms with E-state index in [1.54, 1.807) is 19.2 Å². The molecule has 0 aliphatic carbocycles. The van der Waals surface area contributed by atoms with E-state index in [2.05, 4.69) is 15.3 Å². The van der Waals surface area contributed by atoms with Crippen molar-refractivity contribution in [1.82, 2.24) is 15.3 Å². The van der Waals surface area contributed by atoms with Gasteiger partial charge < -0.3 is 15.0 Å². The molecule has 0 unspecified atom stereocenters. The molecule has 1 heterocycles. The first-order valence-electron chi connectivity index (χ1n) is 6.25. The lowest BCUT2D eigenvalue weighted by Crippen LogP contribution is -2.18. The fourth-order valence-corrected chi connectivity index (χ4v) is 1.78. The first-order valence-corrected chi connectivity index (χ1v) is 6.25. The Kier molecular flexibility index (Phi) is 5.06. The molecule has 0 atom stereocenters. The van der Waals surface area contributed by atoms with Crippen molar-refractivity contribution in [3.63, 3.8) is 0 Å². The fourth-order valence-electron chi connectivity index (χ4n) is 1.78. The normalized spacial score (nSPS) is 10.8. The summed E-state index contributed by atoms with van der Waals surface area (Å²) in [4.78, 5) is 7.56. The van der Waals surface area contributed by atoms with Crippen LogP contribution in [0.3, 0.4) is 0 Å². The average Bonchev–Trinajstić information content (AvgIpc) is 2.85. The van der Waals surface area contributed by atoms with E-state index in [9.17, 15) is 4.39 Å². The Morgan fingerprint density at radius 3 is 2.84 bits per heavy atom. The molecule has 1 aromatic heterocycles. The topological polar surface area (TPSA) is 49.9 Å². The van der Waals surface area contributed by atoms with Crippen LogP contribution in [0, 0.1) is 5.82 Å². The summed E-state index contributed by atoms with van der Waals surface area (Å²) in [6, 6.07) is 6.47. The number of hydrogen-bond donors (Lipinski definition) is 2. The summed E-state index contributed by atoms with van der Waals surface area (Å²) in [5.74, 6) is 0.668. The number of aromatic amines is 1. The number of H-pyrrole nitrogens is 1. The van der Waals surface area contributed by atoms with Crippen molar-refractivity contribution in [3.05, 3.63) is 53.4 Å². The van der Waals surface area contributed by atoms with E-state index in [0.29, 0.717) is 13.0 Å². The van der Waals surface area contributed by atoms with E-state index in [-0.39, 0.29) is 5.82 Å². The molecule has 1 aromatic carbocycles. The van der Waals surface area contributed by atoms with Gasteiger partial charge in [-0.3, -0.25) is 0 Å². The first-order chi connectivity index (χ1) is 9.28. The zero-order valence-electron chi connectivity index (χ0n) is 10.9. The number of ether oxygens (including phenoxy) is 1. The molecule has 0 spiro atoms. The van der Waals surface area contributed by atoms with Gasteiger partial charge in [0.1, 0.15) is 11.6 Å². The van der Waals surface area contributed by atoms with Crippen molar-refractivity contribution in [2.75, 3.05) is 20.3 Å². The van der Waals surface area contributed by atoms with E-state index in [0.717, 1.165) is 30.2 Å². The van der Waals surface area contributed by atoms with Crippen LogP contribution >= 0.6 is 0 Å². The summed E-state index contributed by atoms with van der Waals surface area (Å²) in [5.41, 5.74) is 2.07. The van der Waals surface area contributed by atoms with E-state index in [4.69, 9.17) is 4.74 Å². The molecule has 19 heavy (non-hydrogen) atoms. The minimum absolute atomic E-state index is 0.216. The van der Waals surface area contributed by atoms with Crippen LogP contribution in [0.5, 0.6) is 0 Å². The van der Waals surface area contributed by atoms with Gasteiger partial charge >= 0.3 is 0 Å². The smallest absolute Gasteiger partial charge is 0.123 e. The van der Waals surface area contributed by atoms with E-state index < -0.39 is 0 Å². The Balaban J connectivity index is 1.85. The van der Waals surface area contributed by atoms with Crippen molar-refractivity contribution in [3.8, 4) is 0 Å². The van der Waals surface area contributed by atoms with E-state index in [1.807, 2.05) is 6.20 Å². The number of rotatable bonds is 7. The lowest BCUT2D eigenvalue weighted by molar-refractivity contribution is 0.199. The zero-order valence-corrected chi connectivity index (χ0v) is 10.9. The second-order valence-corrected chi connectivity index (χ2v) is 4.33. The predicted octanol–water partition coefficient (Wildman–Crippen LogP) is 1.88. The third kappa shape index (κ3) is 4.46. The third-order valence-electron chi connectivity index (χ3n) is 2.76. The van der Waals surface area contributed by atoms with Gasteiger partial charge in [-0.05, 0) is 17.7 Å². The maximum Gasteiger partial charge on any atom is 0.123 e. The molecule has 2 rings (SSSR count). The number of hydrogen-bond acceptors (Lipinski definition) is 3. The molecule has 0 aliphatic heterocycles. The summed E-state index contributed by atoms with van der Waals surface area (Å²) in [5, 5.41) is 3.24. The van der Waals surface area contributed by atoms with Crippen molar-refractivity contribution >= 4 is 0 Å². The van der Waals surface area contributed by atoms with Gasteiger partial charge in [-0.2, -0.15) is 0 Å². The molecule has 0 saturated heterocycles. The fraction of sp³-hybridized carbons (Fsp3) is 0.357. The number of imidazole rings is 1. The highest BCUT2D eigenvalue weighted by Gasteiger charge is 2.02. The molecule has 102 valence electrons. The van der Waals surface area contributed by atoms with Gasteiger partial charge in [0.15, 0.2) is 0 Å². The Morgan fingerprint density at radius 2 is 2.11 bits per heavy atom. The van der Waals surface area contributed by atoms with Gasteiger partial charge in [-0.15, -0.1) is 0 Å². The highest BCUT2D eigenvalue weighted by Crippen LogP contribution is 2.08. The monoisotopic (exact) mass is 263 g/mol. The highest BCUT2D eigenvalue weighted by molar-refractivity contribution is 5.20. The Hall–Kier alpha value is -1.72. The molecule has 0 amide bonds. The van der Waals surface area contributed by atoms with Crippen LogP contribution in [0.2, 0.25) is 0 Å². The van der Waals surface area contributed by atoms with E-state index >= 15 is 0 Å². The number of benzene rings is 1. The minimum Gasteiger partial charge on any atom is -0.383 e. The second kappa shape index (κ2) is 7.01. The lowest BCUT2D eigenvalue weighted by atomic mass is 10.1.